The molecule has 0 saturated carbocycles. The molecule has 0 heterocycles. The summed E-state index contributed by atoms with van der Waals surface area (Å²) in [5.74, 6) is 0. The van der Waals surface area contributed by atoms with Crippen molar-refractivity contribution in [2.75, 3.05) is 18.4 Å². The molecular formula is C14H25N3. The van der Waals surface area contributed by atoms with Gasteiger partial charge in [0, 0.05) is 5.69 Å². The standard InChI is InChI=1S/C8H9N.C6H16N2/c1-2-9-8-6-4-3-5-7-8;7-5-3-1-2-4-6-8/h2-7,9H,1H2;1-8H2. The van der Waals surface area contributed by atoms with Gasteiger partial charge in [-0.3, -0.25) is 0 Å². The van der Waals surface area contributed by atoms with Crippen molar-refractivity contribution < 1.29 is 0 Å². The lowest BCUT2D eigenvalue weighted by Gasteiger charge is -1.95. The van der Waals surface area contributed by atoms with Crippen LogP contribution in [0, 0.1) is 0 Å². The van der Waals surface area contributed by atoms with Crippen LogP contribution in [0.5, 0.6) is 0 Å². The predicted molar refractivity (Wildman–Crippen MR) is 76.8 cm³/mol. The first-order chi connectivity index (χ1) is 8.35. The maximum Gasteiger partial charge on any atom is 0.0379 e. The number of rotatable bonds is 7. The van der Waals surface area contributed by atoms with Gasteiger partial charge in [0.2, 0.25) is 0 Å². The molecule has 5 N–H and O–H groups in total. The molecule has 0 amide bonds. The average Bonchev–Trinajstić information content (AvgIpc) is 2.37. The monoisotopic (exact) mass is 235 g/mol. The number of para-hydroxylation sites is 1. The second-order valence-corrected chi connectivity index (χ2v) is 3.71. The first kappa shape index (κ1) is 15.7. The van der Waals surface area contributed by atoms with Crippen LogP contribution in [0.15, 0.2) is 43.1 Å². The Morgan fingerprint density at radius 2 is 1.47 bits per heavy atom. The van der Waals surface area contributed by atoms with E-state index in [-0.39, 0.29) is 0 Å². The molecule has 3 nitrogen and oxygen atoms in total. The Kier molecular flexibility index (Phi) is 11.8. The molecule has 17 heavy (non-hydrogen) atoms. The van der Waals surface area contributed by atoms with Gasteiger partial charge in [0.25, 0.3) is 0 Å². The fourth-order valence-corrected chi connectivity index (χ4v) is 1.29. The third-order valence-corrected chi connectivity index (χ3v) is 2.20. The van der Waals surface area contributed by atoms with Crippen molar-refractivity contribution in [3.05, 3.63) is 43.1 Å². The third kappa shape index (κ3) is 11.0. The lowest BCUT2D eigenvalue weighted by molar-refractivity contribution is 0.653. The number of unbranched alkanes of at least 4 members (excludes halogenated alkanes) is 3. The summed E-state index contributed by atoms with van der Waals surface area (Å²) >= 11 is 0. The molecule has 1 rings (SSSR count). The van der Waals surface area contributed by atoms with Gasteiger partial charge in [-0.2, -0.15) is 0 Å². The van der Waals surface area contributed by atoms with Crippen LogP contribution in [-0.4, -0.2) is 13.1 Å². The van der Waals surface area contributed by atoms with E-state index < -0.39 is 0 Å². The highest BCUT2D eigenvalue weighted by atomic mass is 14.8. The highest BCUT2D eigenvalue weighted by molar-refractivity contribution is 5.44. The van der Waals surface area contributed by atoms with Crippen LogP contribution in [0.25, 0.3) is 0 Å². The molecule has 0 radical (unpaired) electrons. The zero-order valence-corrected chi connectivity index (χ0v) is 10.6. The molecule has 0 aliphatic carbocycles. The Balaban J connectivity index is 0.000000304. The van der Waals surface area contributed by atoms with Gasteiger partial charge in [-0.1, -0.05) is 37.6 Å². The molecule has 0 bridgehead atoms. The summed E-state index contributed by atoms with van der Waals surface area (Å²) in [6.45, 7) is 5.19. The number of anilines is 1. The molecule has 3 heteroatoms. The number of hydrogen-bond acceptors (Lipinski definition) is 3. The molecular weight excluding hydrogens is 210 g/mol. The number of benzene rings is 1. The van der Waals surface area contributed by atoms with Crippen molar-refractivity contribution in [1.82, 2.24) is 0 Å². The number of nitrogens with two attached hydrogens (primary N) is 2. The van der Waals surface area contributed by atoms with Crippen LogP contribution in [0.1, 0.15) is 25.7 Å². The zero-order valence-electron chi connectivity index (χ0n) is 10.6. The van der Waals surface area contributed by atoms with Crippen LogP contribution in [0.2, 0.25) is 0 Å². The summed E-state index contributed by atoms with van der Waals surface area (Å²) in [6, 6.07) is 9.91. The number of nitrogens with one attached hydrogen (secondary N) is 1. The molecule has 0 fully saturated rings. The maximum atomic E-state index is 5.28. The van der Waals surface area contributed by atoms with Crippen LogP contribution < -0.4 is 16.8 Å². The first-order valence-corrected chi connectivity index (χ1v) is 6.17. The van der Waals surface area contributed by atoms with Crippen LogP contribution in [0.3, 0.4) is 0 Å². The molecule has 0 aliphatic heterocycles. The molecule has 0 aliphatic rings. The molecule has 96 valence electrons. The summed E-state index contributed by atoms with van der Waals surface area (Å²) in [7, 11) is 0. The van der Waals surface area contributed by atoms with Crippen molar-refractivity contribution in [1.29, 1.82) is 0 Å². The molecule has 0 saturated heterocycles. The van der Waals surface area contributed by atoms with E-state index in [1.54, 1.807) is 6.20 Å². The van der Waals surface area contributed by atoms with Crippen LogP contribution in [0.4, 0.5) is 5.69 Å². The molecule has 0 spiro atoms. The highest BCUT2D eigenvalue weighted by Crippen LogP contribution is 2.03. The molecule has 1 aromatic rings. The van der Waals surface area contributed by atoms with E-state index in [0.29, 0.717) is 0 Å². The molecule has 1 aromatic carbocycles. The molecule has 0 aromatic heterocycles. The Bertz CT molecular complexity index is 253. The minimum absolute atomic E-state index is 0.824. The van der Waals surface area contributed by atoms with E-state index in [9.17, 15) is 0 Å². The van der Waals surface area contributed by atoms with Crippen molar-refractivity contribution in [3.63, 3.8) is 0 Å². The largest absolute Gasteiger partial charge is 0.362 e. The van der Waals surface area contributed by atoms with Gasteiger partial charge in [-0.05, 0) is 44.3 Å². The topological polar surface area (TPSA) is 64.1 Å². The zero-order chi connectivity index (χ0) is 12.8. The Morgan fingerprint density at radius 1 is 0.941 bits per heavy atom. The summed E-state index contributed by atoms with van der Waals surface area (Å²) in [5, 5.41) is 2.97. The SMILES string of the molecule is C=CNc1ccccc1.NCCCCCCN. The maximum absolute atomic E-state index is 5.28. The summed E-state index contributed by atoms with van der Waals surface area (Å²) in [4.78, 5) is 0. The Hall–Kier alpha value is -1.32. The second-order valence-electron chi connectivity index (χ2n) is 3.71. The predicted octanol–water partition coefficient (Wildman–Crippen LogP) is 2.71. The molecule has 0 atom stereocenters. The Morgan fingerprint density at radius 3 is 1.88 bits per heavy atom. The second kappa shape index (κ2) is 12.7. The van der Waals surface area contributed by atoms with E-state index in [0.717, 1.165) is 31.6 Å². The Labute approximate surface area is 105 Å². The first-order valence-electron chi connectivity index (χ1n) is 6.17. The molecule has 0 unspecified atom stereocenters. The lowest BCUT2D eigenvalue weighted by Crippen LogP contribution is -2.00. The normalized spacial score (nSPS) is 9.06. The number of hydrogen-bond donors (Lipinski definition) is 3. The van der Waals surface area contributed by atoms with Crippen LogP contribution in [-0.2, 0) is 0 Å². The summed E-state index contributed by atoms with van der Waals surface area (Å²) in [5.41, 5.74) is 11.6. The highest BCUT2D eigenvalue weighted by Gasteiger charge is 1.83. The van der Waals surface area contributed by atoms with Crippen molar-refractivity contribution >= 4 is 5.69 Å². The third-order valence-electron chi connectivity index (χ3n) is 2.20. The fraction of sp³-hybridized carbons (Fsp3) is 0.429. The van der Waals surface area contributed by atoms with Crippen LogP contribution >= 0.6 is 0 Å². The van der Waals surface area contributed by atoms with Crippen molar-refractivity contribution in [2.24, 2.45) is 11.5 Å². The van der Waals surface area contributed by atoms with Gasteiger partial charge in [0.1, 0.15) is 0 Å². The fourth-order valence-electron chi connectivity index (χ4n) is 1.29. The average molecular weight is 235 g/mol. The summed E-state index contributed by atoms with van der Waals surface area (Å²) in [6.07, 6.45) is 6.46. The van der Waals surface area contributed by atoms with E-state index in [2.05, 4.69) is 11.9 Å². The smallest absolute Gasteiger partial charge is 0.0379 e. The van der Waals surface area contributed by atoms with Gasteiger partial charge < -0.3 is 16.8 Å². The van der Waals surface area contributed by atoms with Gasteiger partial charge in [0.05, 0.1) is 0 Å². The van der Waals surface area contributed by atoms with E-state index in [1.807, 2.05) is 30.3 Å². The quantitative estimate of drug-likeness (QED) is 0.637. The van der Waals surface area contributed by atoms with Gasteiger partial charge in [-0.25, -0.2) is 0 Å². The minimum atomic E-state index is 0.824. The van der Waals surface area contributed by atoms with Gasteiger partial charge >= 0.3 is 0 Å². The van der Waals surface area contributed by atoms with Crippen molar-refractivity contribution in [3.8, 4) is 0 Å². The minimum Gasteiger partial charge on any atom is -0.362 e. The lowest BCUT2D eigenvalue weighted by atomic mass is 10.2. The van der Waals surface area contributed by atoms with Gasteiger partial charge in [-0.15, -0.1) is 0 Å². The van der Waals surface area contributed by atoms with E-state index in [4.69, 9.17) is 11.5 Å². The summed E-state index contributed by atoms with van der Waals surface area (Å²) < 4.78 is 0. The van der Waals surface area contributed by atoms with E-state index >= 15 is 0 Å². The van der Waals surface area contributed by atoms with Crippen molar-refractivity contribution in [2.45, 2.75) is 25.7 Å². The van der Waals surface area contributed by atoms with E-state index in [1.165, 1.54) is 12.8 Å². The van der Waals surface area contributed by atoms with Gasteiger partial charge in [0.15, 0.2) is 0 Å².